The van der Waals surface area contributed by atoms with Crippen molar-refractivity contribution >= 4 is 27.3 Å². The van der Waals surface area contributed by atoms with Crippen LogP contribution in [0.4, 0.5) is 5.69 Å². The molecule has 22 heavy (non-hydrogen) atoms. The fourth-order valence-electron chi connectivity index (χ4n) is 2.19. The van der Waals surface area contributed by atoms with E-state index in [0.29, 0.717) is 17.9 Å². The summed E-state index contributed by atoms with van der Waals surface area (Å²) in [5, 5.41) is 5.25. The first-order chi connectivity index (χ1) is 10.3. The number of carbonyl (C=O) groups is 2. The molecule has 120 valence electrons. The van der Waals surface area contributed by atoms with Gasteiger partial charge in [-0.2, -0.15) is 0 Å². The van der Waals surface area contributed by atoms with Crippen LogP contribution >= 0.6 is 0 Å². The van der Waals surface area contributed by atoms with Gasteiger partial charge in [-0.15, -0.1) is 0 Å². The van der Waals surface area contributed by atoms with E-state index in [4.69, 9.17) is 4.74 Å². The number of hydrogen-bond donors (Lipinski definition) is 2. The second-order valence-corrected chi connectivity index (χ2v) is 7.39. The third-order valence-electron chi connectivity index (χ3n) is 3.12. The molecule has 1 fully saturated rings. The third kappa shape index (κ3) is 5.03. The molecule has 2 N–H and O–H groups in total. The lowest BCUT2D eigenvalue weighted by atomic mass is 10.2. The van der Waals surface area contributed by atoms with Crippen molar-refractivity contribution in [3.05, 3.63) is 24.3 Å². The minimum atomic E-state index is -3.02. The van der Waals surface area contributed by atoms with E-state index in [1.807, 2.05) is 0 Å². The first kappa shape index (κ1) is 16.3. The van der Waals surface area contributed by atoms with Crippen molar-refractivity contribution in [2.24, 2.45) is 0 Å². The summed E-state index contributed by atoms with van der Waals surface area (Å²) in [5.74, 6) is -0.0290. The maximum atomic E-state index is 11.7. The molecule has 1 aliphatic heterocycles. The quantitative estimate of drug-likeness (QED) is 0.812. The Kier molecular flexibility index (Phi) is 5.02. The van der Waals surface area contributed by atoms with Crippen LogP contribution in [0.25, 0.3) is 0 Å². The van der Waals surface area contributed by atoms with E-state index in [1.165, 1.54) is 6.92 Å². The van der Waals surface area contributed by atoms with E-state index < -0.39 is 9.84 Å². The van der Waals surface area contributed by atoms with Gasteiger partial charge in [0.05, 0.1) is 11.5 Å². The number of rotatable bonds is 5. The average molecular weight is 326 g/mol. The number of carbonyl (C=O) groups excluding carboxylic acids is 2. The third-order valence-corrected chi connectivity index (χ3v) is 4.89. The van der Waals surface area contributed by atoms with Crippen LogP contribution in [0.5, 0.6) is 5.75 Å². The van der Waals surface area contributed by atoms with Gasteiger partial charge in [-0.25, -0.2) is 8.42 Å². The molecule has 1 aromatic rings. The van der Waals surface area contributed by atoms with Gasteiger partial charge in [0.2, 0.25) is 5.91 Å². The van der Waals surface area contributed by atoms with Gasteiger partial charge in [-0.05, 0) is 18.6 Å². The Hall–Kier alpha value is -2.09. The molecule has 1 heterocycles. The number of benzene rings is 1. The molecular formula is C14H18N2O5S. The van der Waals surface area contributed by atoms with Crippen molar-refractivity contribution in [1.29, 1.82) is 0 Å². The standard InChI is InChI=1S/C14H18N2O5S/c1-10(17)15-11-3-2-4-13(7-11)21-8-14(18)16-12-5-6-22(19,20)9-12/h2-4,7,12H,5-6,8-9H2,1H3,(H,15,17)(H,16,18)/t12-/m1/s1. The van der Waals surface area contributed by atoms with Crippen LogP contribution in [-0.2, 0) is 19.4 Å². The lowest BCUT2D eigenvalue weighted by Gasteiger charge is -2.12. The van der Waals surface area contributed by atoms with Crippen LogP contribution in [0.15, 0.2) is 24.3 Å². The number of nitrogens with one attached hydrogen (secondary N) is 2. The normalized spacial score (nSPS) is 19.4. The van der Waals surface area contributed by atoms with Crippen LogP contribution in [-0.4, -0.2) is 44.4 Å². The summed E-state index contributed by atoms with van der Waals surface area (Å²) in [6.45, 7) is 1.19. The van der Waals surface area contributed by atoms with Gasteiger partial charge in [0.1, 0.15) is 5.75 Å². The van der Waals surface area contributed by atoms with Gasteiger partial charge in [0.15, 0.2) is 16.4 Å². The first-order valence-electron chi connectivity index (χ1n) is 6.84. The highest BCUT2D eigenvalue weighted by atomic mass is 32.2. The van der Waals surface area contributed by atoms with Gasteiger partial charge in [-0.1, -0.05) is 6.07 Å². The number of hydrogen-bond acceptors (Lipinski definition) is 5. The number of anilines is 1. The van der Waals surface area contributed by atoms with Crippen molar-refractivity contribution in [3.63, 3.8) is 0 Å². The van der Waals surface area contributed by atoms with E-state index in [1.54, 1.807) is 24.3 Å². The molecule has 0 bridgehead atoms. The van der Waals surface area contributed by atoms with Gasteiger partial charge in [0, 0.05) is 24.7 Å². The van der Waals surface area contributed by atoms with Crippen LogP contribution in [0.1, 0.15) is 13.3 Å². The highest BCUT2D eigenvalue weighted by Gasteiger charge is 2.28. The molecule has 1 aromatic carbocycles. The zero-order valence-corrected chi connectivity index (χ0v) is 13.0. The van der Waals surface area contributed by atoms with E-state index in [9.17, 15) is 18.0 Å². The number of sulfone groups is 1. The Balaban J connectivity index is 1.82. The Morgan fingerprint density at radius 1 is 1.36 bits per heavy atom. The lowest BCUT2D eigenvalue weighted by Crippen LogP contribution is -2.38. The van der Waals surface area contributed by atoms with Crippen LogP contribution in [0, 0.1) is 0 Å². The maximum absolute atomic E-state index is 11.7. The fraction of sp³-hybridized carbons (Fsp3) is 0.429. The van der Waals surface area contributed by atoms with Crippen molar-refractivity contribution in [2.75, 3.05) is 23.4 Å². The predicted molar refractivity (Wildman–Crippen MR) is 81.4 cm³/mol. The number of ether oxygens (including phenoxy) is 1. The summed E-state index contributed by atoms with van der Waals surface area (Å²) >= 11 is 0. The van der Waals surface area contributed by atoms with Crippen molar-refractivity contribution < 1.29 is 22.7 Å². The first-order valence-corrected chi connectivity index (χ1v) is 8.66. The average Bonchev–Trinajstić information content (AvgIpc) is 2.75. The van der Waals surface area contributed by atoms with Crippen molar-refractivity contribution in [2.45, 2.75) is 19.4 Å². The van der Waals surface area contributed by atoms with Crippen LogP contribution in [0.3, 0.4) is 0 Å². The van der Waals surface area contributed by atoms with Gasteiger partial charge >= 0.3 is 0 Å². The van der Waals surface area contributed by atoms with Gasteiger partial charge in [0.25, 0.3) is 5.91 Å². The molecule has 0 unspecified atom stereocenters. The Morgan fingerprint density at radius 3 is 2.77 bits per heavy atom. The molecule has 0 spiro atoms. The molecule has 7 nitrogen and oxygen atoms in total. The van der Waals surface area contributed by atoms with E-state index in [0.717, 1.165) is 0 Å². The van der Waals surface area contributed by atoms with Crippen LogP contribution in [0.2, 0.25) is 0 Å². The fourth-order valence-corrected chi connectivity index (χ4v) is 3.87. The molecule has 2 amide bonds. The van der Waals surface area contributed by atoms with Gasteiger partial charge < -0.3 is 15.4 Å². The maximum Gasteiger partial charge on any atom is 0.258 e. The predicted octanol–water partition coefficient (Wildman–Crippen LogP) is 0.327. The minimum Gasteiger partial charge on any atom is -0.484 e. The molecule has 0 aliphatic carbocycles. The molecule has 1 aliphatic rings. The summed E-state index contributed by atoms with van der Waals surface area (Å²) in [6, 6.07) is 6.33. The van der Waals surface area contributed by atoms with E-state index in [-0.39, 0.29) is 36.0 Å². The summed E-state index contributed by atoms with van der Waals surface area (Å²) in [7, 11) is -3.02. The summed E-state index contributed by atoms with van der Waals surface area (Å²) in [4.78, 5) is 22.7. The second-order valence-electron chi connectivity index (χ2n) is 5.17. The van der Waals surface area contributed by atoms with E-state index >= 15 is 0 Å². The zero-order valence-electron chi connectivity index (χ0n) is 12.2. The molecule has 1 atom stereocenters. The van der Waals surface area contributed by atoms with Crippen molar-refractivity contribution in [1.82, 2.24) is 5.32 Å². The Bertz CT molecular complexity index is 672. The smallest absolute Gasteiger partial charge is 0.258 e. The molecule has 1 saturated heterocycles. The molecular weight excluding hydrogens is 308 g/mol. The molecule has 0 aromatic heterocycles. The van der Waals surface area contributed by atoms with E-state index in [2.05, 4.69) is 10.6 Å². The minimum absolute atomic E-state index is 0.0171. The number of amides is 2. The summed E-state index contributed by atoms with van der Waals surface area (Å²) < 4.78 is 28.0. The Labute approximate surface area is 129 Å². The second kappa shape index (κ2) is 6.78. The molecule has 8 heteroatoms. The highest BCUT2D eigenvalue weighted by Crippen LogP contribution is 2.17. The SMILES string of the molecule is CC(=O)Nc1cccc(OCC(=O)N[C@@H]2CCS(=O)(=O)C2)c1. The highest BCUT2D eigenvalue weighted by molar-refractivity contribution is 7.91. The molecule has 0 saturated carbocycles. The summed E-state index contributed by atoms with van der Waals surface area (Å²) in [5.41, 5.74) is 0.576. The van der Waals surface area contributed by atoms with Crippen molar-refractivity contribution in [3.8, 4) is 5.75 Å². The summed E-state index contributed by atoms with van der Waals surface area (Å²) in [6.07, 6.45) is 0.437. The monoisotopic (exact) mass is 326 g/mol. The Morgan fingerprint density at radius 2 is 2.14 bits per heavy atom. The molecule has 2 rings (SSSR count). The topological polar surface area (TPSA) is 102 Å². The lowest BCUT2D eigenvalue weighted by molar-refractivity contribution is -0.123. The van der Waals surface area contributed by atoms with Gasteiger partial charge in [-0.3, -0.25) is 9.59 Å². The molecule has 0 radical (unpaired) electrons. The zero-order chi connectivity index (χ0) is 16.2. The van der Waals surface area contributed by atoms with Crippen LogP contribution < -0.4 is 15.4 Å². The largest absolute Gasteiger partial charge is 0.484 e.